The summed E-state index contributed by atoms with van der Waals surface area (Å²) in [6, 6.07) is 17.2. The first-order valence-corrected chi connectivity index (χ1v) is 11.2. The standard InChI is InChI=1S/C22H21ClN2O5S/c1-3-30-21-12-11-19(31(27,28)25-17-7-9-18(29-2)10-8-17)14-20(21)24-22(26)15-5-4-6-16(23)13-15/h4-14,25H,3H2,1-2H3,(H,24,26). The number of ether oxygens (including phenoxy) is 2. The number of hydrogen-bond donors (Lipinski definition) is 2. The highest BCUT2D eigenvalue weighted by atomic mass is 35.5. The molecule has 0 fully saturated rings. The average molecular weight is 461 g/mol. The van der Waals surface area contributed by atoms with E-state index in [1.165, 1.54) is 31.4 Å². The number of methoxy groups -OCH3 is 1. The molecule has 2 N–H and O–H groups in total. The van der Waals surface area contributed by atoms with Crippen LogP contribution in [0.1, 0.15) is 17.3 Å². The molecule has 0 spiro atoms. The lowest BCUT2D eigenvalue weighted by Crippen LogP contribution is -2.16. The number of amides is 1. The van der Waals surface area contributed by atoms with E-state index in [4.69, 9.17) is 21.1 Å². The van der Waals surface area contributed by atoms with Crippen LogP contribution in [-0.4, -0.2) is 28.0 Å². The van der Waals surface area contributed by atoms with E-state index in [-0.39, 0.29) is 10.6 Å². The third-order valence-corrected chi connectivity index (χ3v) is 5.85. The molecule has 0 saturated carbocycles. The van der Waals surface area contributed by atoms with Gasteiger partial charge in [0.2, 0.25) is 0 Å². The third kappa shape index (κ3) is 5.68. The molecule has 3 aromatic rings. The minimum Gasteiger partial charge on any atom is -0.497 e. The summed E-state index contributed by atoms with van der Waals surface area (Å²) in [4.78, 5) is 12.6. The highest BCUT2D eigenvalue weighted by Crippen LogP contribution is 2.30. The summed E-state index contributed by atoms with van der Waals surface area (Å²) in [6.07, 6.45) is 0. The van der Waals surface area contributed by atoms with Crippen LogP contribution in [0.25, 0.3) is 0 Å². The highest BCUT2D eigenvalue weighted by molar-refractivity contribution is 7.92. The maximum Gasteiger partial charge on any atom is 0.261 e. The summed E-state index contributed by atoms with van der Waals surface area (Å²) in [5.74, 6) is 0.511. The maximum atomic E-state index is 12.9. The van der Waals surface area contributed by atoms with Crippen molar-refractivity contribution in [3.8, 4) is 11.5 Å². The van der Waals surface area contributed by atoms with Crippen molar-refractivity contribution >= 4 is 38.9 Å². The normalized spacial score (nSPS) is 10.9. The fraction of sp³-hybridized carbons (Fsp3) is 0.136. The van der Waals surface area contributed by atoms with Crippen LogP contribution < -0.4 is 19.5 Å². The largest absolute Gasteiger partial charge is 0.497 e. The first-order chi connectivity index (χ1) is 14.8. The van der Waals surface area contributed by atoms with Gasteiger partial charge in [-0.1, -0.05) is 17.7 Å². The first-order valence-electron chi connectivity index (χ1n) is 9.33. The molecular weight excluding hydrogens is 440 g/mol. The molecule has 3 aromatic carbocycles. The van der Waals surface area contributed by atoms with Crippen LogP contribution in [0.4, 0.5) is 11.4 Å². The van der Waals surface area contributed by atoms with Crippen molar-refractivity contribution in [3.63, 3.8) is 0 Å². The van der Waals surface area contributed by atoms with Crippen LogP contribution in [0.3, 0.4) is 0 Å². The number of carbonyl (C=O) groups is 1. The fourth-order valence-electron chi connectivity index (χ4n) is 2.75. The Morgan fingerprint density at radius 1 is 1.03 bits per heavy atom. The predicted molar refractivity (Wildman–Crippen MR) is 121 cm³/mol. The van der Waals surface area contributed by atoms with Crippen molar-refractivity contribution in [1.29, 1.82) is 0 Å². The van der Waals surface area contributed by atoms with Gasteiger partial charge in [-0.3, -0.25) is 9.52 Å². The van der Waals surface area contributed by atoms with Crippen LogP contribution in [0.2, 0.25) is 5.02 Å². The molecule has 0 aliphatic rings. The summed E-state index contributed by atoms with van der Waals surface area (Å²) in [5, 5.41) is 3.11. The van der Waals surface area contributed by atoms with Gasteiger partial charge < -0.3 is 14.8 Å². The number of hydrogen-bond acceptors (Lipinski definition) is 5. The summed E-state index contributed by atoms with van der Waals surface area (Å²) >= 11 is 5.95. The topological polar surface area (TPSA) is 93.7 Å². The molecule has 0 bridgehead atoms. The van der Waals surface area contributed by atoms with E-state index in [1.54, 1.807) is 49.4 Å². The molecule has 0 aromatic heterocycles. The fourth-order valence-corrected chi connectivity index (χ4v) is 4.03. The van der Waals surface area contributed by atoms with E-state index in [0.29, 0.717) is 34.4 Å². The van der Waals surface area contributed by atoms with E-state index >= 15 is 0 Å². The number of rotatable bonds is 8. The maximum absolute atomic E-state index is 12.9. The monoisotopic (exact) mass is 460 g/mol. The molecule has 1 amide bonds. The second-order valence-corrected chi connectivity index (χ2v) is 8.51. The summed E-state index contributed by atoms with van der Waals surface area (Å²) in [6.45, 7) is 2.13. The van der Waals surface area contributed by atoms with Gasteiger partial charge in [-0.25, -0.2) is 8.42 Å². The Bertz CT molecular complexity index is 1180. The molecule has 0 saturated heterocycles. The molecule has 9 heteroatoms. The van der Waals surface area contributed by atoms with Crippen molar-refractivity contribution < 1.29 is 22.7 Å². The lowest BCUT2D eigenvalue weighted by atomic mass is 10.2. The Morgan fingerprint density at radius 2 is 1.77 bits per heavy atom. The van der Waals surface area contributed by atoms with Gasteiger partial charge in [0.05, 0.1) is 24.3 Å². The van der Waals surface area contributed by atoms with Gasteiger partial charge in [0, 0.05) is 16.3 Å². The van der Waals surface area contributed by atoms with Crippen LogP contribution in [0, 0.1) is 0 Å². The Balaban J connectivity index is 1.89. The van der Waals surface area contributed by atoms with Crippen LogP contribution >= 0.6 is 11.6 Å². The summed E-state index contributed by atoms with van der Waals surface area (Å²) in [5.41, 5.74) is 0.934. The Labute approximate surface area is 186 Å². The molecule has 7 nitrogen and oxygen atoms in total. The van der Waals surface area contributed by atoms with Crippen molar-refractivity contribution in [2.75, 3.05) is 23.8 Å². The van der Waals surface area contributed by atoms with Crippen molar-refractivity contribution in [2.45, 2.75) is 11.8 Å². The smallest absolute Gasteiger partial charge is 0.261 e. The van der Waals surface area contributed by atoms with Gasteiger partial charge in [-0.2, -0.15) is 0 Å². The first kappa shape index (κ1) is 22.5. The number of sulfonamides is 1. The number of anilines is 2. The predicted octanol–water partition coefficient (Wildman–Crippen LogP) is 4.80. The average Bonchev–Trinajstić information content (AvgIpc) is 2.75. The van der Waals surface area contributed by atoms with E-state index in [0.717, 1.165) is 0 Å². The molecule has 3 rings (SSSR count). The van der Waals surface area contributed by atoms with E-state index in [1.807, 2.05) is 0 Å². The van der Waals surface area contributed by atoms with Gasteiger partial charge >= 0.3 is 0 Å². The summed E-state index contributed by atoms with van der Waals surface area (Å²) in [7, 11) is -2.39. The third-order valence-electron chi connectivity index (χ3n) is 4.24. The minimum absolute atomic E-state index is 0.0341. The van der Waals surface area contributed by atoms with Crippen LogP contribution in [-0.2, 0) is 10.0 Å². The van der Waals surface area contributed by atoms with E-state index in [9.17, 15) is 13.2 Å². The lowest BCUT2D eigenvalue weighted by molar-refractivity contribution is 0.102. The quantitative estimate of drug-likeness (QED) is 0.503. The minimum atomic E-state index is -3.91. The number of halogens is 1. The highest BCUT2D eigenvalue weighted by Gasteiger charge is 2.19. The van der Waals surface area contributed by atoms with Crippen LogP contribution in [0.5, 0.6) is 11.5 Å². The molecule has 0 unspecified atom stereocenters. The molecule has 0 aliphatic heterocycles. The molecule has 162 valence electrons. The Kier molecular flexibility index (Phi) is 7.04. The lowest BCUT2D eigenvalue weighted by Gasteiger charge is -2.14. The van der Waals surface area contributed by atoms with Crippen molar-refractivity contribution in [3.05, 3.63) is 77.3 Å². The van der Waals surface area contributed by atoms with Gasteiger partial charge in [0.1, 0.15) is 11.5 Å². The number of benzene rings is 3. The zero-order chi connectivity index (χ0) is 22.4. The summed E-state index contributed by atoms with van der Waals surface area (Å²) < 4.78 is 38.8. The van der Waals surface area contributed by atoms with Gasteiger partial charge in [0.15, 0.2) is 0 Å². The molecule has 0 atom stereocenters. The zero-order valence-electron chi connectivity index (χ0n) is 16.9. The molecule has 31 heavy (non-hydrogen) atoms. The number of carbonyl (C=O) groups excluding carboxylic acids is 1. The molecule has 0 aliphatic carbocycles. The van der Waals surface area contributed by atoms with Gasteiger partial charge in [0.25, 0.3) is 15.9 Å². The second kappa shape index (κ2) is 9.72. The second-order valence-electron chi connectivity index (χ2n) is 6.39. The Hall–Kier alpha value is -3.23. The zero-order valence-corrected chi connectivity index (χ0v) is 18.5. The van der Waals surface area contributed by atoms with E-state index in [2.05, 4.69) is 10.0 Å². The van der Waals surface area contributed by atoms with E-state index < -0.39 is 15.9 Å². The molecular formula is C22H21ClN2O5S. The molecule has 0 radical (unpaired) electrons. The van der Waals surface area contributed by atoms with Gasteiger partial charge in [-0.05, 0) is 67.6 Å². The Morgan fingerprint density at radius 3 is 2.42 bits per heavy atom. The van der Waals surface area contributed by atoms with Crippen molar-refractivity contribution in [1.82, 2.24) is 0 Å². The van der Waals surface area contributed by atoms with Gasteiger partial charge in [-0.15, -0.1) is 0 Å². The SMILES string of the molecule is CCOc1ccc(S(=O)(=O)Nc2ccc(OC)cc2)cc1NC(=O)c1cccc(Cl)c1. The number of nitrogens with one attached hydrogen (secondary N) is 2. The van der Waals surface area contributed by atoms with Crippen molar-refractivity contribution in [2.24, 2.45) is 0 Å². The van der Waals surface area contributed by atoms with Crippen LogP contribution in [0.15, 0.2) is 71.6 Å². The molecule has 0 heterocycles.